The Morgan fingerprint density at radius 2 is 1.91 bits per heavy atom. The van der Waals surface area contributed by atoms with Gasteiger partial charge in [0.15, 0.2) is 17.5 Å². The van der Waals surface area contributed by atoms with Gasteiger partial charge in [0, 0.05) is 17.8 Å². The molecule has 8 heteroatoms. The van der Waals surface area contributed by atoms with E-state index in [0.717, 1.165) is 29.1 Å². The van der Waals surface area contributed by atoms with Crippen LogP contribution in [0, 0.1) is 24.4 Å². The number of ether oxygens (including phenoxy) is 1. The van der Waals surface area contributed by atoms with E-state index in [9.17, 15) is 18.0 Å². The molecule has 180 valence electrons. The first-order chi connectivity index (χ1) is 16.9. The Hall–Kier alpha value is -3.81. The summed E-state index contributed by atoms with van der Waals surface area (Å²) >= 11 is 0. The van der Waals surface area contributed by atoms with Crippen LogP contribution < -0.4 is 4.74 Å². The average molecular weight is 480 g/mol. The van der Waals surface area contributed by atoms with E-state index in [1.807, 2.05) is 48.0 Å². The van der Waals surface area contributed by atoms with Crippen LogP contribution in [0.1, 0.15) is 42.1 Å². The Labute approximate surface area is 201 Å². The molecule has 1 amide bonds. The number of aryl methyl sites for hydroxylation is 1. The van der Waals surface area contributed by atoms with Gasteiger partial charge >= 0.3 is 0 Å². The maximum Gasteiger partial charge on any atom is 0.250 e. The van der Waals surface area contributed by atoms with Crippen molar-refractivity contribution in [2.24, 2.45) is 0 Å². The minimum atomic E-state index is -1.51. The number of aromatic nitrogens is 2. The van der Waals surface area contributed by atoms with Gasteiger partial charge in [-0.3, -0.25) is 4.79 Å². The van der Waals surface area contributed by atoms with Crippen molar-refractivity contribution in [3.8, 4) is 11.4 Å². The first kappa shape index (κ1) is 23.0. The molecule has 3 heterocycles. The Morgan fingerprint density at radius 3 is 2.60 bits per heavy atom. The first-order valence-electron chi connectivity index (χ1n) is 11.4. The Kier molecular flexibility index (Phi) is 5.96. The van der Waals surface area contributed by atoms with Gasteiger partial charge in [-0.05, 0) is 67.7 Å². The first-order valence-corrected chi connectivity index (χ1v) is 11.4. The second-order valence-corrected chi connectivity index (χ2v) is 8.84. The molecule has 0 bridgehead atoms. The SMILES string of the molecule is COc1cc(/C=C2\CC[C@@H]3CC=C[C@@H](c4cc(F)c(F)c(F)c4)N3C2=O)ccc1-n1cnc(C)c1. The maximum absolute atomic E-state index is 13.9. The molecule has 5 nitrogen and oxygen atoms in total. The lowest BCUT2D eigenvalue weighted by Crippen LogP contribution is -2.47. The molecule has 1 fully saturated rings. The van der Waals surface area contributed by atoms with Crippen LogP contribution in [0.25, 0.3) is 11.8 Å². The highest BCUT2D eigenvalue weighted by atomic mass is 19.2. The number of benzene rings is 2. The third-order valence-corrected chi connectivity index (χ3v) is 6.56. The highest BCUT2D eigenvalue weighted by Crippen LogP contribution is 2.38. The van der Waals surface area contributed by atoms with Gasteiger partial charge in [-0.2, -0.15) is 0 Å². The van der Waals surface area contributed by atoms with Crippen molar-refractivity contribution in [1.82, 2.24) is 14.5 Å². The number of halogens is 3. The van der Waals surface area contributed by atoms with Gasteiger partial charge in [0.25, 0.3) is 5.91 Å². The molecule has 2 aromatic carbocycles. The minimum Gasteiger partial charge on any atom is -0.495 e. The lowest BCUT2D eigenvalue weighted by atomic mass is 9.87. The molecule has 2 atom stereocenters. The number of methoxy groups -OCH3 is 1. The summed E-state index contributed by atoms with van der Waals surface area (Å²) in [5.74, 6) is -3.62. The Bertz CT molecular complexity index is 1340. The zero-order chi connectivity index (χ0) is 24.7. The molecule has 2 aliphatic heterocycles. The lowest BCUT2D eigenvalue weighted by Gasteiger charge is -2.43. The Morgan fingerprint density at radius 1 is 1.14 bits per heavy atom. The number of carbonyl (C=O) groups excluding carboxylic acids is 1. The molecule has 0 spiro atoms. The number of imidazole rings is 1. The molecule has 1 aromatic heterocycles. The number of fused-ring (bicyclic) bond motifs is 1. The zero-order valence-corrected chi connectivity index (χ0v) is 19.3. The van der Waals surface area contributed by atoms with E-state index in [1.165, 1.54) is 0 Å². The third-order valence-electron chi connectivity index (χ3n) is 6.56. The topological polar surface area (TPSA) is 47.4 Å². The highest BCUT2D eigenvalue weighted by Gasteiger charge is 2.38. The number of hydrogen-bond donors (Lipinski definition) is 0. The summed E-state index contributed by atoms with van der Waals surface area (Å²) in [4.78, 5) is 19.5. The molecular weight excluding hydrogens is 455 g/mol. The zero-order valence-electron chi connectivity index (χ0n) is 19.3. The molecule has 0 saturated carbocycles. The Balaban J connectivity index is 1.47. The second-order valence-electron chi connectivity index (χ2n) is 8.84. The van der Waals surface area contributed by atoms with E-state index in [0.29, 0.717) is 30.6 Å². The normalized spacial score (nSPS) is 20.9. The van der Waals surface area contributed by atoms with Crippen molar-refractivity contribution < 1.29 is 22.7 Å². The predicted octanol–water partition coefficient (Wildman–Crippen LogP) is 5.68. The molecule has 35 heavy (non-hydrogen) atoms. The summed E-state index contributed by atoms with van der Waals surface area (Å²) in [5, 5.41) is 0. The van der Waals surface area contributed by atoms with Gasteiger partial charge in [0.1, 0.15) is 5.75 Å². The van der Waals surface area contributed by atoms with E-state index in [1.54, 1.807) is 24.4 Å². The number of piperidine rings is 1. The van der Waals surface area contributed by atoms with E-state index in [4.69, 9.17) is 4.74 Å². The summed E-state index contributed by atoms with van der Waals surface area (Å²) in [6.07, 6.45) is 11.0. The molecule has 3 aromatic rings. The summed E-state index contributed by atoms with van der Waals surface area (Å²) < 4.78 is 48.8. The van der Waals surface area contributed by atoms with Gasteiger partial charge in [-0.1, -0.05) is 18.2 Å². The highest BCUT2D eigenvalue weighted by molar-refractivity contribution is 5.99. The summed E-state index contributed by atoms with van der Waals surface area (Å²) in [6, 6.07) is 6.82. The molecule has 1 saturated heterocycles. The fourth-order valence-electron chi connectivity index (χ4n) is 4.84. The van der Waals surface area contributed by atoms with Gasteiger partial charge in [-0.25, -0.2) is 18.2 Å². The van der Waals surface area contributed by atoms with Crippen LogP contribution in [0.15, 0.2) is 60.6 Å². The van der Waals surface area contributed by atoms with Crippen LogP contribution in [-0.4, -0.2) is 33.5 Å². The minimum absolute atomic E-state index is 0.0905. The van der Waals surface area contributed by atoms with E-state index in [-0.39, 0.29) is 17.5 Å². The third kappa shape index (κ3) is 4.24. The van der Waals surface area contributed by atoms with Crippen molar-refractivity contribution in [2.45, 2.75) is 38.3 Å². The largest absolute Gasteiger partial charge is 0.495 e. The summed E-state index contributed by atoms with van der Waals surface area (Å²) in [6.45, 7) is 1.90. The number of carbonyl (C=O) groups is 1. The smallest absolute Gasteiger partial charge is 0.250 e. The van der Waals surface area contributed by atoms with Gasteiger partial charge in [-0.15, -0.1) is 0 Å². The fourth-order valence-corrected chi connectivity index (χ4v) is 4.84. The predicted molar refractivity (Wildman–Crippen MR) is 126 cm³/mol. The van der Waals surface area contributed by atoms with Crippen LogP contribution in [0.2, 0.25) is 0 Å². The van der Waals surface area contributed by atoms with Crippen molar-refractivity contribution in [3.05, 3.63) is 94.9 Å². The summed E-state index contributed by atoms with van der Waals surface area (Å²) in [7, 11) is 1.58. The van der Waals surface area contributed by atoms with Crippen molar-refractivity contribution in [2.75, 3.05) is 7.11 Å². The molecule has 0 N–H and O–H groups in total. The van der Waals surface area contributed by atoms with Crippen LogP contribution in [-0.2, 0) is 4.79 Å². The van der Waals surface area contributed by atoms with Crippen LogP contribution in [0.3, 0.4) is 0 Å². The summed E-state index contributed by atoms with van der Waals surface area (Å²) in [5.41, 5.74) is 3.31. The van der Waals surface area contributed by atoms with Crippen molar-refractivity contribution in [1.29, 1.82) is 0 Å². The lowest BCUT2D eigenvalue weighted by molar-refractivity contribution is -0.133. The number of hydrogen-bond acceptors (Lipinski definition) is 3. The number of rotatable bonds is 4. The van der Waals surface area contributed by atoms with Crippen molar-refractivity contribution >= 4 is 12.0 Å². The van der Waals surface area contributed by atoms with Crippen LogP contribution in [0.4, 0.5) is 13.2 Å². The fraction of sp³-hybridized carbons (Fsp3) is 0.259. The van der Waals surface area contributed by atoms with E-state index >= 15 is 0 Å². The quantitative estimate of drug-likeness (QED) is 0.275. The van der Waals surface area contributed by atoms with Gasteiger partial charge in [0.05, 0.1) is 30.9 Å². The molecule has 0 unspecified atom stereocenters. The molecule has 2 aliphatic rings. The van der Waals surface area contributed by atoms with E-state index in [2.05, 4.69) is 4.98 Å². The van der Waals surface area contributed by atoms with E-state index < -0.39 is 23.5 Å². The average Bonchev–Trinajstić information content (AvgIpc) is 3.29. The molecular formula is C27H24F3N3O2. The van der Waals surface area contributed by atoms with Crippen LogP contribution >= 0.6 is 0 Å². The standard InChI is InChI=1S/C27H24F3N3O2/c1-16-14-32(15-31-16)24-9-6-17(11-25(24)35-2)10-18-7-8-20-4-3-5-23(33(20)27(18)34)19-12-21(28)26(30)22(29)13-19/h3,5-6,9-15,20,23H,4,7-8H2,1-2H3/b18-10+/t20-,23-/m0/s1. The monoisotopic (exact) mass is 479 g/mol. The number of amides is 1. The molecule has 0 radical (unpaired) electrons. The van der Waals surface area contributed by atoms with Crippen molar-refractivity contribution in [3.63, 3.8) is 0 Å². The number of nitrogens with zero attached hydrogens (tertiary/aromatic N) is 3. The second kappa shape index (κ2) is 9.09. The van der Waals surface area contributed by atoms with Crippen LogP contribution in [0.5, 0.6) is 5.75 Å². The molecule has 5 rings (SSSR count). The maximum atomic E-state index is 13.9. The van der Waals surface area contributed by atoms with Gasteiger partial charge in [0.2, 0.25) is 0 Å². The molecule has 0 aliphatic carbocycles. The van der Waals surface area contributed by atoms with Gasteiger partial charge < -0.3 is 14.2 Å².